The zero-order valence-corrected chi connectivity index (χ0v) is 23.3. The molecule has 0 spiro atoms. The topological polar surface area (TPSA) is 171 Å². The summed E-state index contributed by atoms with van der Waals surface area (Å²) in [5.74, 6) is -2.40. The summed E-state index contributed by atoms with van der Waals surface area (Å²) in [6.07, 6.45) is -0.610. The number of benzene rings is 2. The van der Waals surface area contributed by atoms with Crippen molar-refractivity contribution in [2.45, 2.75) is 38.7 Å². The molecule has 5 rings (SSSR count). The number of hydrogen-bond acceptors (Lipinski definition) is 9. The minimum absolute atomic E-state index is 0.0229. The fraction of sp³-hybridized carbons (Fsp3) is 0.241. The van der Waals surface area contributed by atoms with Gasteiger partial charge in [0.25, 0.3) is 11.7 Å². The van der Waals surface area contributed by atoms with Crippen molar-refractivity contribution in [3.8, 4) is 5.75 Å². The lowest BCUT2D eigenvalue weighted by atomic mass is 9.98. The number of nitrogens with zero attached hydrogens (tertiary/aromatic N) is 4. The number of fused-ring (bicyclic) bond motifs is 2. The number of nitrogens with one attached hydrogen (secondary N) is 1. The van der Waals surface area contributed by atoms with Gasteiger partial charge in [0.05, 0.1) is 11.6 Å². The van der Waals surface area contributed by atoms with Crippen LogP contribution in [-0.2, 0) is 17.7 Å². The zero-order chi connectivity index (χ0) is 32.0. The lowest BCUT2D eigenvalue weighted by Crippen LogP contribution is -2.29. The summed E-state index contributed by atoms with van der Waals surface area (Å²) in [6, 6.07) is 9.95. The molecule has 12 nitrogen and oxygen atoms in total. The molecule has 2 aromatic heterocycles. The molecular weight excluding hydrogens is 585 g/mol. The number of ether oxygens (including phenoxy) is 2. The second-order valence-corrected chi connectivity index (χ2v) is 9.46. The summed E-state index contributed by atoms with van der Waals surface area (Å²) in [5, 5.41) is 16.2. The maximum absolute atomic E-state index is 13.0. The van der Waals surface area contributed by atoms with Gasteiger partial charge in [-0.25, -0.2) is 14.6 Å². The van der Waals surface area contributed by atoms with Crippen molar-refractivity contribution < 1.29 is 42.1 Å². The van der Waals surface area contributed by atoms with Crippen LogP contribution in [0, 0.1) is 6.92 Å². The number of amides is 1. The molecule has 0 unspecified atom stereocenters. The van der Waals surface area contributed by atoms with Crippen molar-refractivity contribution in [2.24, 2.45) is 5.73 Å². The van der Waals surface area contributed by atoms with Crippen molar-refractivity contribution in [1.82, 2.24) is 24.9 Å². The molecule has 0 aliphatic heterocycles. The number of esters is 1. The Labute approximate surface area is 248 Å². The highest BCUT2D eigenvalue weighted by atomic mass is 19.4. The molecule has 0 saturated carbocycles. The van der Waals surface area contributed by atoms with Crippen LogP contribution in [0.3, 0.4) is 0 Å². The van der Waals surface area contributed by atoms with Crippen LogP contribution >= 0.6 is 0 Å². The van der Waals surface area contributed by atoms with Crippen LogP contribution in [0.5, 0.6) is 5.75 Å². The number of nitrogens with two attached hydrogens (primary N) is 1. The second kappa shape index (κ2) is 13.3. The number of carboxylic acids is 1. The first-order valence-electron chi connectivity index (χ1n) is 13.1. The van der Waals surface area contributed by atoms with Crippen LogP contribution in [0.1, 0.15) is 66.1 Å². The fourth-order valence-corrected chi connectivity index (χ4v) is 4.65. The average molecular weight is 613 g/mol. The third-order valence-corrected chi connectivity index (χ3v) is 6.62. The smallest absolute Gasteiger partial charge is 0.477 e. The largest absolute Gasteiger partial charge is 0.573 e. The van der Waals surface area contributed by atoms with E-state index in [0.29, 0.717) is 24.0 Å². The van der Waals surface area contributed by atoms with E-state index < -0.39 is 24.2 Å². The maximum atomic E-state index is 13.0. The number of halogens is 3. The van der Waals surface area contributed by atoms with E-state index >= 15 is 0 Å². The summed E-state index contributed by atoms with van der Waals surface area (Å²) >= 11 is 0. The van der Waals surface area contributed by atoms with Crippen LogP contribution in [0.15, 0.2) is 61.4 Å². The van der Waals surface area contributed by atoms with E-state index in [4.69, 9.17) is 10.5 Å². The van der Waals surface area contributed by atoms with Gasteiger partial charge < -0.3 is 25.6 Å². The molecule has 0 fully saturated rings. The molecule has 0 radical (unpaired) electrons. The van der Waals surface area contributed by atoms with Crippen molar-refractivity contribution in [1.29, 1.82) is 0 Å². The minimum atomic E-state index is -4.65. The normalized spacial score (nSPS) is 13.8. The summed E-state index contributed by atoms with van der Waals surface area (Å²) in [5.41, 5.74) is 8.78. The van der Waals surface area contributed by atoms with Crippen LogP contribution in [-0.4, -0.2) is 55.5 Å². The molecule has 4 N–H and O–H groups in total. The second-order valence-electron chi connectivity index (χ2n) is 9.46. The number of aromatic carboxylic acids is 1. The Morgan fingerprint density at radius 3 is 2.68 bits per heavy atom. The zero-order valence-electron chi connectivity index (χ0n) is 23.3. The van der Waals surface area contributed by atoms with Gasteiger partial charge in [0, 0.05) is 12.6 Å². The third kappa shape index (κ3) is 7.36. The molecule has 15 heteroatoms. The SMILES string of the molecule is C=CCOC(=O)c1ccc2c(c1C)CC[C@@H]2NC(=O)c1cc(C(=O)O)nc2ncnn12.NCc1cccc(OC(F)(F)F)c1. The molecule has 0 saturated heterocycles. The summed E-state index contributed by atoms with van der Waals surface area (Å²) in [6.45, 7) is 5.71. The molecule has 1 atom stereocenters. The lowest BCUT2D eigenvalue weighted by molar-refractivity contribution is -0.274. The summed E-state index contributed by atoms with van der Waals surface area (Å²) < 4.78 is 45.2. The van der Waals surface area contributed by atoms with Crippen molar-refractivity contribution in [3.05, 3.63) is 101 Å². The van der Waals surface area contributed by atoms with Gasteiger partial charge >= 0.3 is 18.3 Å². The predicted molar refractivity (Wildman–Crippen MR) is 149 cm³/mol. The standard InChI is InChI=1S/C21H19N5O5.C8H8F3NO/c1-3-8-31-20(30)13-4-5-14-12(11(13)2)6-7-15(14)24-18(27)17-9-16(19(28)29)25-21-22-10-23-26(17)21;9-8(10,11)13-7-3-1-2-6(4-7)5-12/h3-5,9-10,15H,1,6-8H2,2H3,(H,24,27)(H,28,29);1-4H,5,12H2/t15-;/m0./s1. The van der Waals surface area contributed by atoms with Crippen LogP contribution in [0.4, 0.5) is 13.2 Å². The maximum Gasteiger partial charge on any atom is 0.573 e. The van der Waals surface area contributed by atoms with Crippen LogP contribution in [0.2, 0.25) is 0 Å². The van der Waals surface area contributed by atoms with E-state index in [0.717, 1.165) is 16.7 Å². The van der Waals surface area contributed by atoms with Crippen LogP contribution < -0.4 is 15.8 Å². The first-order chi connectivity index (χ1) is 20.9. The Kier molecular flexibility index (Phi) is 9.58. The average Bonchev–Trinajstić information content (AvgIpc) is 3.62. The Balaban J connectivity index is 0.000000285. The highest BCUT2D eigenvalue weighted by molar-refractivity contribution is 5.96. The van der Waals surface area contributed by atoms with Gasteiger partial charge in [0.1, 0.15) is 24.4 Å². The highest BCUT2D eigenvalue weighted by Gasteiger charge is 2.31. The van der Waals surface area contributed by atoms with Crippen molar-refractivity contribution >= 4 is 23.6 Å². The fourth-order valence-electron chi connectivity index (χ4n) is 4.65. The molecule has 44 heavy (non-hydrogen) atoms. The predicted octanol–water partition coefficient (Wildman–Crippen LogP) is 3.93. The summed E-state index contributed by atoms with van der Waals surface area (Å²) in [4.78, 5) is 44.3. The highest BCUT2D eigenvalue weighted by Crippen LogP contribution is 2.35. The molecule has 4 aromatic rings. The van der Waals surface area contributed by atoms with Gasteiger partial charge in [-0.1, -0.05) is 30.9 Å². The molecule has 2 heterocycles. The Morgan fingerprint density at radius 1 is 1.23 bits per heavy atom. The van der Waals surface area contributed by atoms with Gasteiger partial charge in [-0.15, -0.1) is 13.2 Å². The van der Waals surface area contributed by atoms with Crippen molar-refractivity contribution in [3.63, 3.8) is 0 Å². The van der Waals surface area contributed by atoms with Gasteiger partial charge in [-0.3, -0.25) is 4.79 Å². The van der Waals surface area contributed by atoms with E-state index in [1.807, 2.05) is 13.0 Å². The molecular formula is C29H27F3N6O6. The van der Waals surface area contributed by atoms with E-state index in [2.05, 4.69) is 31.7 Å². The first kappa shape index (κ1) is 31.6. The van der Waals surface area contributed by atoms with Gasteiger partial charge in [0.15, 0.2) is 5.69 Å². The van der Waals surface area contributed by atoms with Crippen molar-refractivity contribution in [2.75, 3.05) is 6.61 Å². The molecule has 230 valence electrons. The first-order valence-corrected chi connectivity index (χ1v) is 13.1. The van der Waals surface area contributed by atoms with Gasteiger partial charge in [-0.05, 0) is 60.2 Å². The number of carbonyl (C=O) groups is 3. The van der Waals surface area contributed by atoms with Gasteiger partial charge in [-0.2, -0.15) is 14.6 Å². The van der Waals surface area contributed by atoms with Gasteiger partial charge in [0.2, 0.25) is 0 Å². The quantitative estimate of drug-likeness (QED) is 0.196. The number of carbonyl (C=O) groups excluding carboxylic acids is 2. The van der Waals surface area contributed by atoms with E-state index in [9.17, 15) is 32.7 Å². The molecule has 0 bridgehead atoms. The lowest BCUT2D eigenvalue weighted by Gasteiger charge is -2.16. The minimum Gasteiger partial charge on any atom is -0.477 e. The van der Waals surface area contributed by atoms with E-state index in [-0.39, 0.29) is 42.1 Å². The number of alkyl halides is 3. The number of hydrogen-bond donors (Lipinski definition) is 3. The Morgan fingerprint density at radius 2 is 2.00 bits per heavy atom. The molecule has 1 aliphatic carbocycles. The summed E-state index contributed by atoms with van der Waals surface area (Å²) in [7, 11) is 0. The number of rotatable bonds is 8. The molecule has 1 amide bonds. The third-order valence-electron chi connectivity index (χ3n) is 6.62. The molecule has 2 aromatic carbocycles. The Bertz CT molecular complexity index is 1720. The van der Waals surface area contributed by atoms with E-state index in [1.54, 1.807) is 12.1 Å². The Hall–Kier alpha value is -5.31. The number of aromatic nitrogens is 4. The number of carboxylic acid groups (broad SMARTS) is 1. The van der Waals surface area contributed by atoms with E-state index in [1.165, 1.54) is 41.2 Å². The monoisotopic (exact) mass is 612 g/mol. The molecule has 1 aliphatic rings. The van der Waals surface area contributed by atoms with Crippen LogP contribution in [0.25, 0.3) is 5.78 Å².